The third-order valence-corrected chi connectivity index (χ3v) is 5.43. The smallest absolute Gasteiger partial charge is 0.342 e. The van der Waals surface area contributed by atoms with E-state index in [1.165, 1.54) is 24.3 Å². The molecule has 0 aliphatic carbocycles. The van der Waals surface area contributed by atoms with Crippen LogP contribution >= 0.6 is 0 Å². The number of aliphatic hydroxyl groups excluding tert-OH is 4. The van der Waals surface area contributed by atoms with Crippen molar-refractivity contribution >= 4 is 5.97 Å². The minimum Gasteiger partial charge on any atom is -0.507 e. The molecule has 4 rings (SSSR count). The van der Waals surface area contributed by atoms with Crippen molar-refractivity contribution in [2.75, 3.05) is 6.61 Å². The van der Waals surface area contributed by atoms with Gasteiger partial charge in [0.05, 0.1) is 6.61 Å². The number of carbonyl (C=O) groups is 1. The third-order valence-electron chi connectivity index (χ3n) is 5.43. The highest BCUT2D eigenvalue weighted by atomic mass is 16.7. The second-order valence-corrected chi connectivity index (χ2v) is 7.45. The Labute approximate surface area is 176 Å². The number of hydrogen-bond acceptors (Lipinski definition) is 10. The molecule has 0 spiro atoms. The number of hydrogen-bond donors (Lipinski definition) is 6. The number of benzene rings is 2. The number of phenolic OH excluding ortho intramolecular Hbond substituents is 2. The van der Waals surface area contributed by atoms with Crippen LogP contribution in [0.4, 0.5) is 0 Å². The fourth-order valence-electron chi connectivity index (χ4n) is 3.72. The van der Waals surface area contributed by atoms with E-state index >= 15 is 0 Å². The molecule has 166 valence electrons. The van der Waals surface area contributed by atoms with E-state index in [0.717, 1.165) is 0 Å². The quantitative estimate of drug-likeness (QED) is 0.353. The van der Waals surface area contributed by atoms with Gasteiger partial charge < -0.3 is 44.8 Å². The summed E-state index contributed by atoms with van der Waals surface area (Å²) in [5.41, 5.74) is 1.18. The van der Waals surface area contributed by atoms with Gasteiger partial charge in [-0.3, -0.25) is 0 Å². The van der Waals surface area contributed by atoms with Gasteiger partial charge >= 0.3 is 5.97 Å². The molecule has 2 heterocycles. The van der Waals surface area contributed by atoms with Crippen molar-refractivity contribution in [2.24, 2.45) is 0 Å². The zero-order valence-corrected chi connectivity index (χ0v) is 16.2. The Morgan fingerprint density at radius 1 is 1.00 bits per heavy atom. The number of aliphatic hydroxyl groups is 4. The molecule has 10 nitrogen and oxygen atoms in total. The summed E-state index contributed by atoms with van der Waals surface area (Å²) < 4.78 is 16.2. The van der Waals surface area contributed by atoms with Gasteiger partial charge in [-0.05, 0) is 29.3 Å². The van der Waals surface area contributed by atoms with Gasteiger partial charge in [0.2, 0.25) is 6.29 Å². The van der Waals surface area contributed by atoms with Gasteiger partial charge in [0.1, 0.15) is 41.8 Å². The van der Waals surface area contributed by atoms with Crippen LogP contribution in [0.5, 0.6) is 17.2 Å². The largest absolute Gasteiger partial charge is 0.507 e. The van der Waals surface area contributed by atoms with Crippen LogP contribution in [0.2, 0.25) is 0 Å². The normalized spacial score (nSPS) is 30.4. The molecule has 0 amide bonds. The molecule has 0 saturated carbocycles. The van der Waals surface area contributed by atoms with E-state index in [1.807, 2.05) is 0 Å². The van der Waals surface area contributed by atoms with E-state index in [0.29, 0.717) is 11.1 Å². The fraction of sp³-hybridized carbons (Fsp3) is 0.381. The van der Waals surface area contributed by atoms with Gasteiger partial charge in [0.15, 0.2) is 11.5 Å². The van der Waals surface area contributed by atoms with Crippen LogP contribution in [0, 0.1) is 0 Å². The van der Waals surface area contributed by atoms with E-state index < -0.39 is 49.4 Å². The number of aromatic hydroxyl groups is 2. The molecule has 6 N–H and O–H groups in total. The Morgan fingerprint density at radius 2 is 1.77 bits per heavy atom. The SMILES string of the molecule is O=C1OC(c2ccc(O)c(O[C@@H]3O[C@H](CO)[C@@H](O)[C@H](O)[C@H]3O)c2)Cc2cccc(O)c21. The Balaban J connectivity index is 1.58. The van der Waals surface area contributed by atoms with Crippen molar-refractivity contribution in [1.82, 2.24) is 0 Å². The lowest BCUT2D eigenvalue weighted by Gasteiger charge is -2.39. The lowest BCUT2D eigenvalue weighted by atomic mass is 9.94. The summed E-state index contributed by atoms with van der Waals surface area (Å²) in [7, 11) is 0. The zero-order chi connectivity index (χ0) is 22.3. The van der Waals surface area contributed by atoms with Crippen molar-refractivity contribution in [3.63, 3.8) is 0 Å². The highest BCUT2D eigenvalue weighted by Gasteiger charge is 2.45. The number of ether oxygens (including phenoxy) is 3. The minimum atomic E-state index is -1.65. The van der Waals surface area contributed by atoms with E-state index in [2.05, 4.69) is 0 Å². The molecule has 1 saturated heterocycles. The molecule has 2 aliphatic rings. The first-order valence-corrected chi connectivity index (χ1v) is 9.62. The third kappa shape index (κ3) is 3.91. The second kappa shape index (κ2) is 8.33. The maximum atomic E-state index is 12.3. The molecule has 1 unspecified atom stereocenters. The summed E-state index contributed by atoms with van der Waals surface area (Å²) in [5.74, 6) is -1.28. The molecular weight excluding hydrogens is 412 g/mol. The molecule has 0 bridgehead atoms. The average Bonchev–Trinajstić information content (AvgIpc) is 2.75. The van der Waals surface area contributed by atoms with Gasteiger partial charge in [-0.15, -0.1) is 0 Å². The fourth-order valence-corrected chi connectivity index (χ4v) is 3.72. The van der Waals surface area contributed by atoms with Crippen molar-refractivity contribution in [2.45, 2.75) is 43.2 Å². The van der Waals surface area contributed by atoms with Gasteiger partial charge in [0, 0.05) is 6.42 Å². The number of esters is 1. The van der Waals surface area contributed by atoms with E-state index in [4.69, 9.17) is 14.2 Å². The van der Waals surface area contributed by atoms with Crippen molar-refractivity contribution in [3.05, 3.63) is 53.1 Å². The van der Waals surface area contributed by atoms with Crippen LogP contribution in [-0.4, -0.2) is 73.9 Å². The average molecular weight is 434 g/mol. The van der Waals surface area contributed by atoms with Crippen molar-refractivity contribution < 1.29 is 49.6 Å². The van der Waals surface area contributed by atoms with Gasteiger partial charge in [-0.25, -0.2) is 4.79 Å². The van der Waals surface area contributed by atoms with Crippen molar-refractivity contribution in [3.8, 4) is 17.2 Å². The number of fused-ring (bicyclic) bond motifs is 1. The summed E-state index contributed by atoms with van der Waals surface area (Å²) in [6, 6.07) is 8.94. The maximum absolute atomic E-state index is 12.3. The van der Waals surface area contributed by atoms with Crippen molar-refractivity contribution in [1.29, 1.82) is 0 Å². The Morgan fingerprint density at radius 3 is 2.52 bits per heavy atom. The molecule has 6 atom stereocenters. The Kier molecular flexibility index (Phi) is 5.73. The van der Waals surface area contributed by atoms with Crippen LogP contribution in [0.1, 0.15) is 27.6 Å². The predicted molar refractivity (Wildman–Crippen MR) is 102 cm³/mol. The standard InChI is InChI=1S/C21H22O10/c22-8-15-17(25)18(26)19(27)21(31-15)30-14-6-9(4-5-11(14)23)13-7-10-2-1-3-12(24)16(10)20(28)29-13/h1-6,13,15,17-19,21-27H,7-8H2/t13?,15-,17-,18+,19-,21-/m1/s1. The Bertz CT molecular complexity index is 975. The van der Waals surface area contributed by atoms with Crippen LogP contribution in [0.25, 0.3) is 0 Å². The molecule has 2 aromatic rings. The number of cyclic esters (lactones) is 1. The summed E-state index contributed by atoms with van der Waals surface area (Å²) >= 11 is 0. The van der Waals surface area contributed by atoms with Crippen LogP contribution in [-0.2, 0) is 15.9 Å². The highest BCUT2D eigenvalue weighted by Crippen LogP contribution is 2.38. The summed E-state index contributed by atoms with van der Waals surface area (Å²) in [6.07, 6.45) is -7.93. The first kappa shape index (κ1) is 21.3. The van der Waals surface area contributed by atoms with Crippen LogP contribution in [0.3, 0.4) is 0 Å². The van der Waals surface area contributed by atoms with E-state index in [1.54, 1.807) is 12.1 Å². The zero-order valence-electron chi connectivity index (χ0n) is 16.2. The molecule has 2 aromatic carbocycles. The van der Waals surface area contributed by atoms with E-state index in [9.17, 15) is 35.4 Å². The molecular formula is C21H22O10. The van der Waals surface area contributed by atoms with Gasteiger partial charge in [0.25, 0.3) is 0 Å². The number of carbonyl (C=O) groups excluding carboxylic acids is 1. The van der Waals surface area contributed by atoms with Crippen LogP contribution < -0.4 is 4.74 Å². The first-order chi connectivity index (χ1) is 14.8. The molecule has 2 aliphatic heterocycles. The van der Waals surface area contributed by atoms with Crippen LogP contribution in [0.15, 0.2) is 36.4 Å². The monoisotopic (exact) mass is 434 g/mol. The number of phenols is 2. The minimum absolute atomic E-state index is 0.107. The Hall–Kier alpha value is -2.89. The summed E-state index contributed by atoms with van der Waals surface area (Å²) in [6.45, 7) is -0.624. The summed E-state index contributed by atoms with van der Waals surface area (Å²) in [4.78, 5) is 12.3. The summed E-state index contributed by atoms with van der Waals surface area (Å²) in [5, 5.41) is 59.3. The molecule has 0 aromatic heterocycles. The van der Waals surface area contributed by atoms with Gasteiger partial charge in [-0.1, -0.05) is 18.2 Å². The number of rotatable bonds is 4. The molecule has 0 radical (unpaired) electrons. The molecule has 10 heteroatoms. The van der Waals surface area contributed by atoms with E-state index in [-0.39, 0.29) is 29.2 Å². The lowest BCUT2D eigenvalue weighted by molar-refractivity contribution is -0.277. The highest BCUT2D eigenvalue weighted by molar-refractivity contribution is 5.95. The van der Waals surface area contributed by atoms with Gasteiger partial charge in [-0.2, -0.15) is 0 Å². The molecule has 31 heavy (non-hydrogen) atoms. The molecule has 1 fully saturated rings. The lowest BCUT2D eigenvalue weighted by Crippen LogP contribution is -2.60. The second-order valence-electron chi connectivity index (χ2n) is 7.45. The predicted octanol–water partition coefficient (Wildman–Crippen LogP) is -0.269. The first-order valence-electron chi connectivity index (χ1n) is 9.62. The topological polar surface area (TPSA) is 166 Å². The maximum Gasteiger partial charge on any atom is 0.342 e.